The number of fused-ring (bicyclic) bond motifs is 3. The van der Waals surface area contributed by atoms with Crippen LogP contribution < -0.4 is 0 Å². The van der Waals surface area contributed by atoms with Crippen LogP contribution >= 0.6 is 0 Å². The number of nitrogens with one attached hydrogen (secondary N) is 1. The van der Waals surface area contributed by atoms with Crippen molar-refractivity contribution in [2.45, 2.75) is 6.92 Å². The first-order valence-electron chi connectivity index (χ1n) is 5.43. The molecule has 86 valence electrons. The third-order valence-electron chi connectivity index (χ3n) is 2.63. The fourth-order valence-corrected chi connectivity index (χ4v) is 1.95. The number of carbonyl (C=O) groups excluding carboxylic acids is 1. The average Bonchev–Trinajstić information content (AvgIpc) is 2.88. The highest BCUT2D eigenvalue weighted by Crippen LogP contribution is 2.20. The smallest absolute Gasteiger partial charge is 0.340 e. The van der Waals surface area contributed by atoms with Gasteiger partial charge in [0.05, 0.1) is 17.7 Å². The maximum Gasteiger partial charge on any atom is 0.340 e. The van der Waals surface area contributed by atoms with E-state index in [0.29, 0.717) is 12.2 Å². The van der Waals surface area contributed by atoms with Gasteiger partial charge in [-0.15, -0.1) is 0 Å². The molecule has 3 aromatic rings. The van der Waals surface area contributed by atoms with Gasteiger partial charge in [-0.25, -0.2) is 14.3 Å². The molecule has 3 rings (SSSR count). The Balaban J connectivity index is 2.32. The van der Waals surface area contributed by atoms with Gasteiger partial charge < -0.3 is 4.74 Å². The molecule has 0 unspecified atom stereocenters. The van der Waals surface area contributed by atoms with Crippen molar-refractivity contribution in [3.63, 3.8) is 0 Å². The summed E-state index contributed by atoms with van der Waals surface area (Å²) in [6.07, 6.45) is 1.78. The van der Waals surface area contributed by atoms with E-state index in [0.717, 1.165) is 16.7 Å². The van der Waals surface area contributed by atoms with E-state index in [9.17, 15) is 4.79 Å². The number of para-hydroxylation sites is 1. The SMILES string of the molecule is CCOC(=O)c1cccc2nc3cc[nH]n3c12. The van der Waals surface area contributed by atoms with Gasteiger partial charge in [-0.2, -0.15) is 0 Å². The number of carbonyl (C=O) groups is 1. The van der Waals surface area contributed by atoms with Crippen LogP contribution in [0.25, 0.3) is 16.7 Å². The van der Waals surface area contributed by atoms with Gasteiger partial charge >= 0.3 is 5.97 Å². The van der Waals surface area contributed by atoms with Crippen molar-refractivity contribution in [1.82, 2.24) is 14.6 Å². The second kappa shape index (κ2) is 3.62. The molecule has 5 heteroatoms. The number of benzene rings is 1. The van der Waals surface area contributed by atoms with E-state index in [1.165, 1.54) is 0 Å². The molecule has 0 aliphatic carbocycles. The van der Waals surface area contributed by atoms with Crippen molar-refractivity contribution in [3.8, 4) is 0 Å². The lowest BCUT2D eigenvalue weighted by molar-refractivity contribution is 0.0528. The lowest BCUT2D eigenvalue weighted by Gasteiger charge is -2.02. The molecule has 0 amide bonds. The number of aromatic amines is 1. The number of H-pyrrole nitrogens is 1. The number of imidazole rings is 1. The third-order valence-corrected chi connectivity index (χ3v) is 2.63. The molecule has 2 heterocycles. The van der Waals surface area contributed by atoms with Crippen LogP contribution in [0.3, 0.4) is 0 Å². The molecule has 0 aliphatic heterocycles. The Morgan fingerprint density at radius 3 is 3.18 bits per heavy atom. The monoisotopic (exact) mass is 229 g/mol. The quantitative estimate of drug-likeness (QED) is 0.683. The molecule has 1 aromatic carbocycles. The van der Waals surface area contributed by atoms with Crippen molar-refractivity contribution in [2.75, 3.05) is 6.61 Å². The average molecular weight is 229 g/mol. The number of nitrogens with zero attached hydrogens (tertiary/aromatic N) is 2. The topological polar surface area (TPSA) is 59.4 Å². The van der Waals surface area contributed by atoms with E-state index in [-0.39, 0.29) is 5.97 Å². The van der Waals surface area contributed by atoms with Crippen molar-refractivity contribution in [2.24, 2.45) is 0 Å². The van der Waals surface area contributed by atoms with Crippen molar-refractivity contribution in [1.29, 1.82) is 0 Å². The molecule has 1 N–H and O–H groups in total. The third kappa shape index (κ3) is 1.39. The van der Waals surface area contributed by atoms with E-state index in [2.05, 4.69) is 10.1 Å². The molecular formula is C12H11N3O2. The van der Waals surface area contributed by atoms with Gasteiger partial charge in [0.2, 0.25) is 0 Å². The van der Waals surface area contributed by atoms with Gasteiger partial charge in [0.15, 0.2) is 5.65 Å². The molecule has 5 nitrogen and oxygen atoms in total. The molecular weight excluding hydrogens is 218 g/mol. The standard InChI is InChI=1S/C12H11N3O2/c1-2-17-12(16)8-4-3-5-9-11(8)15-10(14-9)6-7-13-15/h3-7,13H,2H2,1H3. The zero-order valence-electron chi connectivity index (χ0n) is 9.30. The van der Waals surface area contributed by atoms with Gasteiger partial charge in [0, 0.05) is 12.3 Å². The predicted octanol–water partition coefficient (Wildman–Crippen LogP) is 1.99. The van der Waals surface area contributed by atoms with Gasteiger partial charge in [-0.05, 0) is 19.1 Å². The number of aromatic nitrogens is 3. The molecule has 2 aromatic heterocycles. The lowest BCUT2D eigenvalue weighted by atomic mass is 10.2. The molecule has 0 bridgehead atoms. The highest BCUT2D eigenvalue weighted by atomic mass is 16.5. The van der Waals surface area contributed by atoms with Crippen molar-refractivity contribution >= 4 is 22.6 Å². The summed E-state index contributed by atoms with van der Waals surface area (Å²) >= 11 is 0. The number of ether oxygens (including phenoxy) is 1. The second-order valence-corrected chi connectivity index (χ2v) is 3.66. The summed E-state index contributed by atoms with van der Waals surface area (Å²) in [4.78, 5) is 16.2. The number of esters is 1. The van der Waals surface area contributed by atoms with E-state index in [1.807, 2.05) is 12.1 Å². The van der Waals surface area contributed by atoms with Crippen LogP contribution in [0, 0.1) is 0 Å². The molecule has 0 saturated carbocycles. The van der Waals surface area contributed by atoms with Crippen LogP contribution in [0.4, 0.5) is 0 Å². The molecule has 0 saturated heterocycles. The van der Waals surface area contributed by atoms with Crippen LogP contribution in [-0.2, 0) is 4.74 Å². The van der Waals surface area contributed by atoms with Crippen LogP contribution in [0.15, 0.2) is 30.5 Å². The largest absolute Gasteiger partial charge is 0.462 e. The fourth-order valence-electron chi connectivity index (χ4n) is 1.95. The highest BCUT2D eigenvalue weighted by molar-refractivity contribution is 6.03. The minimum absolute atomic E-state index is 0.325. The fraction of sp³-hybridized carbons (Fsp3) is 0.167. The van der Waals surface area contributed by atoms with E-state index in [4.69, 9.17) is 4.74 Å². The summed E-state index contributed by atoms with van der Waals surface area (Å²) in [5.41, 5.74) is 2.85. The minimum atomic E-state index is -0.325. The summed E-state index contributed by atoms with van der Waals surface area (Å²) < 4.78 is 6.82. The highest BCUT2D eigenvalue weighted by Gasteiger charge is 2.15. The number of hydrogen-bond acceptors (Lipinski definition) is 3. The van der Waals surface area contributed by atoms with E-state index >= 15 is 0 Å². The summed E-state index contributed by atoms with van der Waals surface area (Å²) in [6.45, 7) is 2.15. The Bertz CT molecular complexity index is 696. The van der Waals surface area contributed by atoms with Crippen molar-refractivity contribution in [3.05, 3.63) is 36.0 Å². The summed E-state index contributed by atoms with van der Waals surface area (Å²) in [7, 11) is 0. The van der Waals surface area contributed by atoms with Gasteiger partial charge in [-0.1, -0.05) is 6.07 Å². The van der Waals surface area contributed by atoms with E-state index < -0.39 is 0 Å². The van der Waals surface area contributed by atoms with Crippen LogP contribution in [0.1, 0.15) is 17.3 Å². The normalized spacial score (nSPS) is 11.1. The lowest BCUT2D eigenvalue weighted by Crippen LogP contribution is -2.06. The second-order valence-electron chi connectivity index (χ2n) is 3.66. The summed E-state index contributed by atoms with van der Waals surface area (Å²) in [5.74, 6) is -0.325. The Labute approximate surface area is 97.0 Å². The zero-order valence-corrected chi connectivity index (χ0v) is 9.30. The Kier molecular flexibility index (Phi) is 2.11. The van der Waals surface area contributed by atoms with Crippen LogP contribution in [-0.4, -0.2) is 27.2 Å². The molecule has 0 aliphatic rings. The van der Waals surface area contributed by atoms with Gasteiger partial charge in [-0.3, -0.25) is 5.10 Å². The summed E-state index contributed by atoms with van der Waals surface area (Å²) in [6, 6.07) is 7.28. The number of hydrogen-bond donors (Lipinski definition) is 1. The van der Waals surface area contributed by atoms with Gasteiger partial charge in [0.1, 0.15) is 5.52 Å². The first-order valence-corrected chi connectivity index (χ1v) is 5.43. The Hall–Kier alpha value is -2.30. The predicted molar refractivity (Wildman–Crippen MR) is 63.0 cm³/mol. The molecule has 0 spiro atoms. The first-order chi connectivity index (χ1) is 8.31. The molecule has 17 heavy (non-hydrogen) atoms. The van der Waals surface area contributed by atoms with Gasteiger partial charge in [0.25, 0.3) is 0 Å². The maximum absolute atomic E-state index is 11.8. The first kappa shape index (κ1) is 9.89. The zero-order chi connectivity index (χ0) is 11.8. The number of rotatable bonds is 2. The van der Waals surface area contributed by atoms with Crippen LogP contribution in [0.5, 0.6) is 0 Å². The molecule has 0 radical (unpaired) electrons. The van der Waals surface area contributed by atoms with E-state index in [1.54, 1.807) is 29.8 Å². The van der Waals surface area contributed by atoms with Crippen molar-refractivity contribution < 1.29 is 9.53 Å². The summed E-state index contributed by atoms with van der Waals surface area (Å²) in [5, 5.41) is 3.03. The maximum atomic E-state index is 11.8. The molecule has 0 fully saturated rings. The molecule has 0 atom stereocenters. The minimum Gasteiger partial charge on any atom is -0.462 e. The Morgan fingerprint density at radius 1 is 1.47 bits per heavy atom. The Morgan fingerprint density at radius 2 is 2.35 bits per heavy atom. The van der Waals surface area contributed by atoms with Crippen LogP contribution in [0.2, 0.25) is 0 Å².